The molecule has 0 heterocycles. The SMILES string of the molecule is O=C(N/N=C\c1ccc(Cl)cc1Cl)C(=O)Nc1cccc2ccccc12. The Labute approximate surface area is 159 Å². The van der Waals surface area contributed by atoms with Crippen LogP contribution in [0.1, 0.15) is 5.56 Å². The molecule has 3 aromatic rings. The van der Waals surface area contributed by atoms with Crippen molar-refractivity contribution in [3.8, 4) is 0 Å². The van der Waals surface area contributed by atoms with Gasteiger partial charge in [0.2, 0.25) is 0 Å². The lowest BCUT2D eigenvalue weighted by atomic mass is 10.1. The van der Waals surface area contributed by atoms with E-state index in [-0.39, 0.29) is 0 Å². The number of hydrogen-bond acceptors (Lipinski definition) is 3. The van der Waals surface area contributed by atoms with E-state index in [9.17, 15) is 9.59 Å². The van der Waals surface area contributed by atoms with Gasteiger partial charge >= 0.3 is 11.8 Å². The molecule has 5 nitrogen and oxygen atoms in total. The lowest BCUT2D eigenvalue weighted by Crippen LogP contribution is -2.32. The Morgan fingerprint density at radius 3 is 2.50 bits per heavy atom. The normalized spacial score (nSPS) is 10.8. The highest BCUT2D eigenvalue weighted by Gasteiger charge is 2.14. The van der Waals surface area contributed by atoms with Gasteiger partial charge in [0.1, 0.15) is 0 Å². The van der Waals surface area contributed by atoms with Crippen molar-refractivity contribution in [3.63, 3.8) is 0 Å². The standard InChI is InChI=1S/C19H13Cl2N3O2/c20-14-9-8-13(16(21)10-14)11-22-24-19(26)18(25)23-17-7-3-5-12-4-1-2-6-15(12)17/h1-11H,(H,23,25)(H,24,26)/b22-11-. The van der Waals surface area contributed by atoms with Crippen molar-refractivity contribution in [1.82, 2.24) is 5.43 Å². The molecular weight excluding hydrogens is 373 g/mol. The fourth-order valence-electron chi connectivity index (χ4n) is 2.33. The zero-order chi connectivity index (χ0) is 18.5. The number of hydrazone groups is 1. The quantitative estimate of drug-likeness (QED) is 0.402. The Bertz CT molecular complexity index is 1010. The number of carbonyl (C=O) groups is 2. The Morgan fingerprint density at radius 2 is 1.69 bits per heavy atom. The van der Waals surface area contributed by atoms with Crippen LogP contribution in [0.2, 0.25) is 10.0 Å². The summed E-state index contributed by atoms with van der Waals surface area (Å²) < 4.78 is 0. The first-order chi connectivity index (χ1) is 12.5. The number of halogens is 2. The lowest BCUT2D eigenvalue weighted by molar-refractivity contribution is -0.136. The van der Waals surface area contributed by atoms with Gasteiger partial charge in [0.05, 0.1) is 11.2 Å². The number of benzene rings is 3. The highest BCUT2D eigenvalue weighted by Crippen LogP contribution is 2.23. The number of amides is 2. The molecule has 0 aliphatic carbocycles. The van der Waals surface area contributed by atoms with Crippen molar-refractivity contribution in [2.45, 2.75) is 0 Å². The van der Waals surface area contributed by atoms with Gasteiger partial charge in [-0.15, -0.1) is 0 Å². The molecule has 0 saturated carbocycles. The number of anilines is 1. The Balaban J connectivity index is 1.66. The summed E-state index contributed by atoms with van der Waals surface area (Å²) in [6, 6.07) is 17.8. The molecule has 0 atom stereocenters. The van der Waals surface area contributed by atoms with Crippen molar-refractivity contribution in [3.05, 3.63) is 76.3 Å². The first kappa shape index (κ1) is 17.9. The number of nitrogens with one attached hydrogen (secondary N) is 2. The van der Waals surface area contributed by atoms with Crippen LogP contribution in [-0.4, -0.2) is 18.0 Å². The van der Waals surface area contributed by atoms with Crippen LogP contribution in [-0.2, 0) is 9.59 Å². The number of nitrogens with zero attached hydrogens (tertiary/aromatic N) is 1. The van der Waals surface area contributed by atoms with Crippen LogP contribution in [0.3, 0.4) is 0 Å². The van der Waals surface area contributed by atoms with Crippen LogP contribution in [0, 0.1) is 0 Å². The summed E-state index contributed by atoms with van der Waals surface area (Å²) in [7, 11) is 0. The van der Waals surface area contributed by atoms with Gasteiger partial charge in [0.25, 0.3) is 0 Å². The highest BCUT2D eigenvalue weighted by molar-refractivity contribution is 6.40. The van der Waals surface area contributed by atoms with E-state index in [1.54, 1.807) is 30.3 Å². The van der Waals surface area contributed by atoms with Crippen LogP contribution < -0.4 is 10.7 Å². The minimum absolute atomic E-state index is 0.385. The maximum atomic E-state index is 12.1. The molecule has 3 aromatic carbocycles. The Hall–Kier alpha value is -2.89. The lowest BCUT2D eigenvalue weighted by Gasteiger charge is -2.07. The van der Waals surface area contributed by atoms with Crippen LogP contribution in [0.25, 0.3) is 10.8 Å². The summed E-state index contributed by atoms with van der Waals surface area (Å²) in [6.45, 7) is 0. The van der Waals surface area contributed by atoms with Gasteiger partial charge in [-0.05, 0) is 23.6 Å². The first-order valence-electron chi connectivity index (χ1n) is 7.62. The van der Waals surface area contributed by atoms with Gasteiger partial charge in [-0.2, -0.15) is 5.10 Å². The number of rotatable bonds is 3. The molecule has 26 heavy (non-hydrogen) atoms. The van der Waals surface area contributed by atoms with Crippen LogP contribution in [0.15, 0.2) is 65.8 Å². The second-order valence-corrected chi connectivity index (χ2v) is 6.19. The third-order valence-corrected chi connectivity index (χ3v) is 4.14. The molecule has 3 rings (SSSR count). The van der Waals surface area contributed by atoms with Crippen molar-refractivity contribution >= 4 is 57.7 Å². The Kier molecular flexibility index (Phi) is 5.51. The van der Waals surface area contributed by atoms with Gasteiger partial charge in [-0.3, -0.25) is 9.59 Å². The van der Waals surface area contributed by atoms with E-state index >= 15 is 0 Å². The van der Waals surface area contributed by atoms with E-state index in [0.29, 0.717) is 21.3 Å². The van der Waals surface area contributed by atoms with E-state index in [1.165, 1.54) is 6.21 Å². The van der Waals surface area contributed by atoms with Crippen molar-refractivity contribution in [2.24, 2.45) is 5.10 Å². The van der Waals surface area contributed by atoms with Crippen LogP contribution in [0.5, 0.6) is 0 Å². The molecule has 130 valence electrons. The zero-order valence-electron chi connectivity index (χ0n) is 13.4. The van der Waals surface area contributed by atoms with Gasteiger partial charge < -0.3 is 5.32 Å². The third kappa shape index (κ3) is 4.20. The molecule has 0 aromatic heterocycles. The molecule has 0 aliphatic rings. The molecule has 0 bridgehead atoms. The maximum Gasteiger partial charge on any atom is 0.329 e. The third-order valence-electron chi connectivity index (χ3n) is 3.58. The zero-order valence-corrected chi connectivity index (χ0v) is 14.9. The predicted octanol–water partition coefficient (Wildman–Crippen LogP) is 4.24. The number of carbonyl (C=O) groups excluding carboxylic acids is 2. The molecule has 0 spiro atoms. The second-order valence-electron chi connectivity index (χ2n) is 5.35. The minimum atomic E-state index is -0.890. The molecule has 0 unspecified atom stereocenters. The van der Waals surface area contributed by atoms with Crippen molar-refractivity contribution in [2.75, 3.05) is 5.32 Å². The molecule has 0 radical (unpaired) electrons. The molecule has 0 saturated heterocycles. The van der Waals surface area contributed by atoms with Gasteiger partial charge in [-0.1, -0.05) is 65.7 Å². The van der Waals surface area contributed by atoms with Crippen LogP contribution in [0.4, 0.5) is 5.69 Å². The van der Waals surface area contributed by atoms with Gasteiger partial charge in [-0.25, -0.2) is 5.43 Å². The average Bonchev–Trinajstić information content (AvgIpc) is 2.63. The number of hydrogen-bond donors (Lipinski definition) is 2. The highest BCUT2D eigenvalue weighted by atomic mass is 35.5. The second kappa shape index (κ2) is 7.99. The smallest absolute Gasteiger partial charge is 0.317 e. The van der Waals surface area contributed by atoms with E-state index in [0.717, 1.165) is 10.8 Å². The molecular formula is C19H13Cl2N3O2. The van der Waals surface area contributed by atoms with Gasteiger partial charge in [0, 0.05) is 21.7 Å². The van der Waals surface area contributed by atoms with E-state index in [4.69, 9.17) is 23.2 Å². The summed E-state index contributed by atoms with van der Waals surface area (Å²) in [5.41, 5.74) is 3.28. The summed E-state index contributed by atoms with van der Waals surface area (Å²) in [4.78, 5) is 24.0. The summed E-state index contributed by atoms with van der Waals surface area (Å²) in [6.07, 6.45) is 1.34. The molecule has 7 heteroatoms. The fourth-order valence-corrected chi connectivity index (χ4v) is 2.79. The summed E-state index contributed by atoms with van der Waals surface area (Å²) >= 11 is 11.8. The summed E-state index contributed by atoms with van der Waals surface area (Å²) in [5, 5.41) is 9.00. The van der Waals surface area contributed by atoms with E-state index in [2.05, 4.69) is 15.8 Å². The fraction of sp³-hybridized carbons (Fsp3) is 0. The topological polar surface area (TPSA) is 70.6 Å². The molecule has 0 aliphatic heterocycles. The number of fused-ring (bicyclic) bond motifs is 1. The molecule has 2 amide bonds. The van der Waals surface area contributed by atoms with Crippen molar-refractivity contribution in [1.29, 1.82) is 0 Å². The summed E-state index contributed by atoms with van der Waals surface area (Å²) in [5.74, 6) is -1.71. The minimum Gasteiger partial charge on any atom is -0.317 e. The average molecular weight is 386 g/mol. The molecule has 0 fully saturated rings. The van der Waals surface area contributed by atoms with E-state index in [1.807, 2.05) is 30.3 Å². The Morgan fingerprint density at radius 1 is 0.923 bits per heavy atom. The monoisotopic (exact) mass is 385 g/mol. The van der Waals surface area contributed by atoms with Crippen LogP contribution >= 0.6 is 23.2 Å². The first-order valence-corrected chi connectivity index (χ1v) is 8.37. The maximum absolute atomic E-state index is 12.1. The van der Waals surface area contributed by atoms with Gasteiger partial charge in [0.15, 0.2) is 0 Å². The van der Waals surface area contributed by atoms with Crippen molar-refractivity contribution < 1.29 is 9.59 Å². The predicted molar refractivity (Wildman–Crippen MR) is 105 cm³/mol. The van der Waals surface area contributed by atoms with E-state index < -0.39 is 11.8 Å². The molecule has 2 N–H and O–H groups in total. The largest absolute Gasteiger partial charge is 0.329 e.